The number of halogens is 3. The number of carbonyl (C=O) groups is 1. The van der Waals surface area contributed by atoms with E-state index in [-0.39, 0.29) is 0 Å². The molecule has 7 heteroatoms. The molecule has 4 nitrogen and oxygen atoms in total. The number of allylic oxidation sites excluding steroid dienone is 1. The van der Waals surface area contributed by atoms with Gasteiger partial charge in [-0.2, -0.15) is 4.79 Å². The molecule has 0 spiro atoms. The van der Waals surface area contributed by atoms with E-state index in [2.05, 4.69) is 4.79 Å². The first-order chi connectivity index (χ1) is 6.82. The fourth-order valence-electron chi connectivity index (χ4n) is 0.763. The maximum Gasteiger partial charge on any atom is 0.414 e. The quantitative estimate of drug-likeness (QED) is 0.198. The van der Waals surface area contributed by atoms with E-state index in [0.717, 1.165) is 0 Å². The average molecular weight is 272 g/mol. The number of rotatable bonds is 3. The van der Waals surface area contributed by atoms with Gasteiger partial charge in [0.1, 0.15) is 0 Å². The van der Waals surface area contributed by atoms with Gasteiger partial charge in [-0.05, 0) is 19.4 Å². The van der Waals surface area contributed by atoms with Crippen LogP contribution in [0.4, 0.5) is 0 Å². The number of hydrogen-bond donors (Lipinski definition) is 0. The number of hydrogen-bond acceptors (Lipinski definition) is 2. The topological polar surface area (TPSA) is 62.7 Å². The second-order valence-electron chi connectivity index (χ2n) is 2.64. The maximum atomic E-state index is 11.0. The lowest BCUT2D eigenvalue weighted by Crippen LogP contribution is -2.32. The molecule has 0 saturated heterocycles. The van der Waals surface area contributed by atoms with Crippen molar-refractivity contribution in [2.75, 3.05) is 0 Å². The summed E-state index contributed by atoms with van der Waals surface area (Å²) in [5.74, 6) is -0.893. The van der Waals surface area contributed by atoms with Crippen LogP contribution in [0.3, 0.4) is 0 Å². The molecular formula is C8H9Cl3N2O2. The highest BCUT2D eigenvalue weighted by Gasteiger charge is 2.37. The normalized spacial score (nSPS) is 14.1. The monoisotopic (exact) mass is 270 g/mol. The fourth-order valence-corrected chi connectivity index (χ4v) is 1.41. The molecule has 0 bridgehead atoms. The van der Waals surface area contributed by atoms with E-state index in [4.69, 9.17) is 45.1 Å². The largest absolute Gasteiger partial charge is 0.445 e. The summed E-state index contributed by atoms with van der Waals surface area (Å²) in [6.45, 7) is 3.36. The zero-order valence-electron chi connectivity index (χ0n) is 8.08. The van der Waals surface area contributed by atoms with E-state index in [9.17, 15) is 4.79 Å². The summed E-state index contributed by atoms with van der Waals surface area (Å²) in [6.07, 6.45) is 1.21. The van der Waals surface area contributed by atoms with E-state index in [1.54, 1.807) is 19.9 Å². The van der Waals surface area contributed by atoms with Crippen LogP contribution in [0.5, 0.6) is 0 Å². The number of ether oxygens (including phenoxy) is 1. The molecular weight excluding hydrogens is 262 g/mol. The van der Waals surface area contributed by atoms with Gasteiger partial charge in [-0.3, -0.25) is 0 Å². The van der Waals surface area contributed by atoms with E-state index >= 15 is 0 Å². The van der Waals surface area contributed by atoms with Gasteiger partial charge >= 0.3 is 12.2 Å². The molecule has 15 heavy (non-hydrogen) atoms. The summed E-state index contributed by atoms with van der Waals surface area (Å²) in [5, 5.41) is 0. The molecule has 0 fully saturated rings. The molecule has 0 aliphatic rings. The van der Waals surface area contributed by atoms with Gasteiger partial charge in [-0.25, -0.2) is 4.79 Å². The van der Waals surface area contributed by atoms with Crippen molar-refractivity contribution < 1.29 is 14.3 Å². The van der Waals surface area contributed by atoms with Gasteiger partial charge in [-0.1, -0.05) is 40.9 Å². The molecule has 0 aliphatic carbocycles. The Hall–Kier alpha value is -0.540. The molecule has 0 aromatic rings. The number of carbonyl (C=O) groups excluding carboxylic acids is 1. The minimum Gasteiger partial charge on any atom is -0.445 e. The van der Waals surface area contributed by atoms with Gasteiger partial charge in [0, 0.05) is 0 Å². The smallest absolute Gasteiger partial charge is 0.414 e. The predicted molar refractivity (Wildman–Crippen MR) is 59.3 cm³/mol. The Morgan fingerprint density at radius 1 is 1.53 bits per heavy atom. The number of esters is 1. The van der Waals surface area contributed by atoms with Crippen molar-refractivity contribution in [3.8, 4) is 0 Å². The van der Waals surface area contributed by atoms with Gasteiger partial charge < -0.3 is 10.3 Å². The minimum absolute atomic E-state index is 0.576. The van der Waals surface area contributed by atoms with Crippen molar-refractivity contribution in [2.24, 2.45) is 0 Å². The molecule has 1 unspecified atom stereocenters. The molecule has 0 heterocycles. The molecule has 0 radical (unpaired) electrons. The van der Waals surface area contributed by atoms with Crippen molar-refractivity contribution in [1.82, 2.24) is 0 Å². The second kappa shape index (κ2) is 6.13. The van der Waals surface area contributed by atoms with Crippen LogP contribution >= 0.6 is 34.8 Å². The zero-order valence-corrected chi connectivity index (χ0v) is 10.3. The lowest BCUT2D eigenvalue weighted by Gasteiger charge is -2.23. The number of nitrogens with zero attached hydrogens (tertiary/aromatic N) is 2. The lowest BCUT2D eigenvalue weighted by molar-refractivity contribution is -0.142. The Bertz CT molecular complexity index is 316. The SMILES string of the molecule is CC=C(C)C(OC(=O)C=[N+]=[N-])C(Cl)(Cl)Cl. The Morgan fingerprint density at radius 2 is 2.07 bits per heavy atom. The molecule has 0 rings (SSSR count). The van der Waals surface area contributed by atoms with Crippen molar-refractivity contribution in [3.05, 3.63) is 17.2 Å². The second-order valence-corrected chi connectivity index (χ2v) is 5.00. The van der Waals surface area contributed by atoms with E-state index in [0.29, 0.717) is 11.8 Å². The van der Waals surface area contributed by atoms with E-state index < -0.39 is 15.9 Å². The highest BCUT2D eigenvalue weighted by atomic mass is 35.6. The predicted octanol–water partition coefficient (Wildman–Crippen LogP) is 2.54. The molecule has 0 saturated carbocycles. The molecule has 0 aromatic carbocycles. The van der Waals surface area contributed by atoms with E-state index in [1.807, 2.05) is 0 Å². The molecule has 0 amide bonds. The highest BCUT2D eigenvalue weighted by molar-refractivity contribution is 6.68. The Morgan fingerprint density at radius 3 is 2.40 bits per heavy atom. The maximum absolute atomic E-state index is 11.0. The first-order valence-electron chi connectivity index (χ1n) is 3.90. The van der Waals surface area contributed by atoms with Crippen molar-refractivity contribution >= 4 is 47.0 Å². The summed E-state index contributed by atoms with van der Waals surface area (Å²) in [5.41, 5.74) is 8.68. The molecule has 0 aromatic heterocycles. The lowest BCUT2D eigenvalue weighted by atomic mass is 10.2. The molecule has 0 aliphatic heterocycles. The van der Waals surface area contributed by atoms with Crippen LogP contribution in [0, 0.1) is 0 Å². The minimum atomic E-state index is -1.77. The Kier molecular flexibility index (Phi) is 5.91. The molecule has 84 valence electrons. The van der Waals surface area contributed by atoms with Crippen LogP contribution in [-0.4, -0.2) is 26.9 Å². The van der Waals surface area contributed by atoms with Gasteiger partial charge in [-0.15, -0.1) is 0 Å². The van der Waals surface area contributed by atoms with Gasteiger partial charge in [0.15, 0.2) is 6.10 Å². The average Bonchev–Trinajstić information content (AvgIpc) is 2.12. The molecule has 0 N–H and O–H groups in total. The van der Waals surface area contributed by atoms with Crippen LogP contribution in [0.25, 0.3) is 5.53 Å². The van der Waals surface area contributed by atoms with Crippen molar-refractivity contribution in [3.63, 3.8) is 0 Å². The summed E-state index contributed by atoms with van der Waals surface area (Å²) in [4.78, 5) is 13.5. The first-order valence-corrected chi connectivity index (χ1v) is 5.04. The summed E-state index contributed by atoms with van der Waals surface area (Å²) in [7, 11) is 0. The van der Waals surface area contributed by atoms with Crippen LogP contribution in [-0.2, 0) is 9.53 Å². The van der Waals surface area contributed by atoms with E-state index in [1.165, 1.54) is 0 Å². The third-order valence-corrected chi connectivity index (χ3v) is 2.16. The van der Waals surface area contributed by atoms with Crippen LogP contribution < -0.4 is 0 Å². The third-order valence-electron chi connectivity index (χ3n) is 1.56. The standard InChI is InChI=1S/C8H9Cl3N2O2/c1-3-5(2)7(8(9,10)11)15-6(14)4-13-12/h3-4,7H,1-2H3. The van der Waals surface area contributed by atoms with Crippen LogP contribution in [0.2, 0.25) is 0 Å². The third kappa shape index (κ3) is 5.19. The molecule has 1 atom stereocenters. The summed E-state index contributed by atoms with van der Waals surface area (Å²) in [6, 6.07) is 0. The number of alkyl halides is 3. The van der Waals surface area contributed by atoms with Crippen molar-refractivity contribution in [2.45, 2.75) is 23.7 Å². The van der Waals surface area contributed by atoms with Gasteiger partial charge in [0.2, 0.25) is 3.79 Å². The Labute approximate surface area is 102 Å². The van der Waals surface area contributed by atoms with Crippen LogP contribution in [0.15, 0.2) is 11.6 Å². The Balaban J connectivity index is 4.83. The first kappa shape index (κ1) is 14.5. The zero-order chi connectivity index (χ0) is 12.1. The van der Waals surface area contributed by atoms with Crippen molar-refractivity contribution in [1.29, 1.82) is 0 Å². The summed E-state index contributed by atoms with van der Waals surface area (Å²) < 4.78 is 3.03. The van der Waals surface area contributed by atoms with Gasteiger partial charge in [0.05, 0.1) is 0 Å². The summed E-state index contributed by atoms with van der Waals surface area (Å²) >= 11 is 16.9. The highest BCUT2D eigenvalue weighted by Crippen LogP contribution is 2.35. The fraction of sp³-hybridized carbons (Fsp3) is 0.500. The van der Waals surface area contributed by atoms with Crippen LogP contribution in [0.1, 0.15) is 13.8 Å². The van der Waals surface area contributed by atoms with Gasteiger partial charge in [0.25, 0.3) is 0 Å².